The van der Waals surface area contributed by atoms with E-state index in [0.717, 1.165) is 23.7 Å². The first-order valence-corrected chi connectivity index (χ1v) is 8.31. The van der Waals surface area contributed by atoms with E-state index in [9.17, 15) is 4.79 Å². The Hall–Kier alpha value is -1.31. The normalized spacial score (nSPS) is 25.9. The van der Waals surface area contributed by atoms with Gasteiger partial charge in [-0.25, -0.2) is 0 Å². The van der Waals surface area contributed by atoms with Crippen LogP contribution in [-0.4, -0.2) is 11.9 Å². The first-order chi connectivity index (χ1) is 10.0. The number of carbonyl (C=O) groups is 1. The Bertz CT molecular complexity index is 461. The molecule has 1 fully saturated rings. The van der Waals surface area contributed by atoms with Crippen LogP contribution in [0.3, 0.4) is 0 Å². The molecule has 3 atom stereocenters. The number of hydrogen-bond donors (Lipinski definition) is 0. The van der Waals surface area contributed by atoms with Gasteiger partial charge in [0.05, 0.1) is 0 Å². The molecule has 1 aromatic carbocycles. The van der Waals surface area contributed by atoms with Crippen molar-refractivity contribution >= 4 is 5.78 Å². The lowest BCUT2D eigenvalue weighted by molar-refractivity contribution is 0.0460. The summed E-state index contributed by atoms with van der Waals surface area (Å²) in [6.45, 7) is 8.79. The molecule has 0 saturated heterocycles. The van der Waals surface area contributed by atoms with Crippen LogP contribution in [0.25, 0.3) is 0 Å². The Morgan fingerprint density at radius 2 is 1.90 bits per heavy atom. The van der Waals surface area contributed by atoms with Gasteiger partial charge < -0.3 is 4.74 Å². The molecule has 2 heteroatoms. The summed E-state index contributed by atoms with van der Waals surface area (Å²) < 4.78 is 6.26. The molecule has 0 aliphatic heterocycles. The third-order valence-electron chi connectivity index (χ3n) is 4.75. The molecule has 0 spiro atoms. The Labute approximate surface area is 128 Å². The van der Waals surface area contributed by atoms with Crippen LogP contribution in [0.1, 0.15) is 63.7 Å². The van der Waals surface area contributed by atoms with Crippen LogP contribution < -0.4 is 4.74 Å². The third kappa shape index (κ3) is 4.09. The molecule has 0 aromatic heterocycles. The van der Waals surface area contributed by atoms with Crippen molar-refractivity contribution in [3.8, 4) is 5.75 Å². The molecular weight excluding hydrogens is 260 g/mol. The Morgan fingerprint density at radius 1 is 1.24 bits per heavy atom. The first-order valence-electron chi connectivity index (χ1n) is 8.31. The maximum Gasteiger partial charge on any atom is 0.162 e. The van der Waals surface area contributed by atoms with E-state index >= 15 is 0 Å². The number of benzene rings is 1. The lowest BCUT2D eigenvalue weighted by Crippen LogP contribution is -2.36. The van der Waals surface area contributed by atoms with Gasteiger partial charge >= 0.3 is 0 Å². The van der Waals surface area contributed by atoms with Crippen molar-refractivity contribution in [2.45, 2.75) is 59.5 Å². The minimum atomic E-state index is 0.188. The van der Waals surface area contributed by atoms with Gasteiger partial charge in [0, 0.05) is 12.0 Å². The fourth-order valence-electron chi connectivity index (χ4n) is 3.35. The van der Waals surface area contributed by atoms with Crippen LogP contribution in [0.15, 0.2) is 24.3 Å². The molecule has 21 heavy (non-hydrogen) atoms. The molecule has 0 amide bonds. The molecule has 116 valence electrons. The highest BCUT2D eigenvalue weighted by Gasteiger charge is 2.32. The molecule has 2 rings (SSSR count). The monoisotopic (exact) mass is 288 g/mol. The highest BCUT2D eigenvalue weighted by molar-refractivity contribution is 5.95. The van der Waals surface area contributed by atoms with E-state index in [4.69, 9.17) is 4.74 Å². The molecule has 3 unspecified atom stereocenters. The molecule has 0 heterocycles. The van der Waals surface area contributed by atoms with Crippen molar-refractivity contribution in [1.82, 2.24) is 0 Å². The molecule has 0 radical (unpaired) electrons. The van der Waals surface area contributed by atoms with Crippen LogP contribution >= 0.6 is 0 Å². The summed E-state index contributed by atoms with van der Waals surface area (Å²) in [6.07, 6.45) is 4.57. The number of rotatable bonds is 5. The summed E-state index contributed by atoms with van der Waals surface area (Å²) >= 11 is 0. The largest absolute Gasteiger partial charge is 0.490 e. The van der Waals surface area contributed by atoms with E-state index in [2.05, 4.69) is 20.8 Å². The van der Waals surface area contributed by atoms with Gasteiger partial charge in [0.1, 0.15) is 11.9 Å². The number of ketones is 1. The zero-order valence-corrected chi connectivity index (χ0v) is 13.8. The number of Topliss-reactive ketones (excluding diaryl/α,β-unsaturated/α-hetero) is 1. The quantitative estimate of drug-likeness (QED) is 0.703. The summed E-state index contributed by atoms with van der Waals surface area (Å²) in [5, 5.41) is 0. The second-order valence-electron chi connectivity index (χ2n) is 6.78. The average molecular weight is 288 g/mol. The second kappa shape index (κ2) is 7.11. The Balaban J connectivity index is 2.06. The fourth-order valence-corrected chi connectivity index (χ4v) is 3.35. The molecule has 0 bridgehead atoms. The van der Waals surface area contributed by atoms with Crippen molar-refractivity contribution in [1.29, 1.82) is 0 Å². The van der Waals surface area contributed by atoms with E-state index in [1.54, 1.807) is 0 Å². The highest BCUT2D eigenvalue weighted by atomic mass is 16.5. The molecule has 1 saturated carbocycles. The Morgan fingerprint density at radius 3 is 2.48 bits per heavy atom. The van der Waals surface area contributed by atoms with Gasteiger partial charge in [-0.3, -0.25) is 4.79 Å². The first kappa shape index (κ1) is 16.1. The predicted octanol–water partition coefficient (Wildman–Crippen LogP) is 5.12. The number of ether oxygens (including phenoxy) is 1. The minimum absolute atomic E-state index is 0.188. The van der Waals surface area contributed by atoms with Crippen LogP contribution in [0.2, 0.25) is 0 Å². The molecule has 0 N–H and O–H groups in total. The summed E-state index contributed by atoms with van der Waals surface area (Å²) in [6, 6.07) is 7.66. The van der Waals surface area contributed by atoms with Crippen molar-refractivity contribution in [3.63, 3.8) is 0 Å². The summed E-state index contributed by atoms with van der Waals surface area (Å²) in [7, 11) is 0. The summed E-state index contributed by atoms with van der Waals surface area (Å²) in [5.41, 5.74) is 0.780. The lowest BCUT2D eigenvalue weighted by Gasteiger charge is -2.37. The van der Waals surface area contributed by atoms with Gasteiger partial charge in [0.25, 0.3) is 0 Å². The van der Waals surface area contributed by atoms with Crippen LogP contribution in [0.5, 0.6) is 5.75 Å². The van der Waals surface area contributed by atoms with E-state index in [1.807, 2.05) is 31.2 Å². The van der Waals surface area contributed by atoms with E-state index in [1.165, 1.54) is 12.8 Å². The van der Waals surface area contributed by atoms with Crippen molar-refractivity contribution < 1.29 is 9.53 Å². The van der Waals surface area contributed by atoms with Crippen LogP contribution in [-0.2, 0) is 0 Å². The summed E-state index contributed by atoms with van der Waals surface area (Å²) in [5.74, 6) is 3.12. The molecular formula is C19H28O2. The standard InChI is InChI=1S/C19H28O2/c1-5-18(20)15-7-9-16(10-8-15)21-19-12-14(4)6-11-17(19)13(2)3/h7-10,13-14,17,19H,5-6,11-12H2,1-4H3. The minimum Gasteiger partial charge on any atom is -0.490 e. The van der Waals surface area contributed by atoms with Crippen molar-refractivity contribution in [3.05, 3.63) is 29.8 Å². The van der Waals surface area contributed by atoms with E-state index in [0.29, 0.717) is 24.4 Å². The Kier molecular flexibility index (Phi) is 5.44. The van der Waals surface area contributed by atoms with Gasteiger partial charge in [0.2, 0.25) is 0 Å². The van der Waals surface area contributed by atoms with Gasteiger partial charge in [-0.2, -0.15) is 0 Å². The number of hydrogen-bond acceptors (Lipinski definition) is 2. The average Bonchev–Trinajstić information content (AvgIpc) is 2.47. The van der Waals surface area contributed by atoms with Crippen LogP contribution in [0.4, 0.5) is 0 Å². The molecule has 1 aromatic rings. The SMILES string of the molecule is CCC(=O)c1ccc(OC2CC(C)CCC2C(C)C)cc1. The van der Waals surface area contributed by atoms with Crippen molar-refractivity contribution in [2.24, 2.45) is 17.8 Å². The molecule has 1 aliphatic carbocycles. The van der Waals surface area contributed by atoms with Gasteiger partial charge in [0.15, 0.2) is 5.78 Å². The zero-order valence-electron chi connectivity index (χ0n) is 13.8. The van der Waals surface area contributed by atoms with Gasteiger partial charge in [-0.1, -0.05) is 34.1 Å². The molecule has 2 nitrogen and oxygen atoms in total. The van der Waals surface area contributed by atoms with Gasteiger partial charge in [-0.05, 0) is 54.9 Å². The maximum absolute atomic E-state index is 11.7. The van der Waals surface area contributed by atoms with Gasteiger partial charge in [-0.15, -0.1) is 0 Å². The molecule has 1 aliphatic rings. The van der Waals surface area contributed by atoms with Crippen LogP contribution in [0, 0.1) is 17.8 Å². The fraction of sp³-hybridized carbons (Fsp3) is 0.632. The topological polar surface area (TPSA) is 26.3 Å². The third-order valence-corrected chi connectivity index (χ3v) is 4.75. The second-order valence-corrected chi connectivity index (χ2v) is 6.78. The van der Waals surface area contributed by atoms with Crippen molar-refractivity contribution in [2.75, 3.05) is 0 Å². The highest BCUT2D eigenvalue weighted by Crippen LogP contribution is 2.36. The zero-order chi connectivity index (χ0) is 15.4. The number of carbonyl (C=O) groups excluding carboxylic acids is 1. The maximum atomic E-state index is 11.7. The predicted molar refractivity (Wildman–Crippen MR) is 86.8 cm³/mol. The smallest absolute Gasteiger partial charge is 0.162 e. The lowest BCUT2D eigenvalue weighted by atomic mass is 9.75. The summed E-state index contributed by atoms with van der Waals surface area (Å²) in [4.78, 5) is 11.7. The van der Waals surface area contributed by atoms with E-state index in [-0.39, 0.29) is 5.78 Å². The van der Waals surface area contributed by atoms with E-state index < -0.39 is 0 Å².